The summed E-state index contributed by atoms with van der Waals surface area (Å²) in [6.07, 6.45) is -0.735. The summed E-state index contributed by atoms with van der Waals surface area (Å²) in [5.41, 5.74) is 3.18. The fourth-order valence-corrected chi connectivity index (χ4v) is 5.29. The molecule has 3 aromatic rings. The molecule has 0 radical (unpaired) electrons. The van der Waals surface area contributed by atoms with E-state index in [-0.39, 0.29) is 24.3 Å². The molecular weight excluding hydrogens is 468 g/mol. The van der Waals surface area contributed by atoms with E-state index in [4.69, 9.17) is 4.74 Å². The number of anilines is 3. The maximum absolute atomic E-state index is 14.1. The van der Waals surface area contributed by atoms with Crippen molar-refractivity contribution in [1.82, 2.24) is 4.90 Å². The highest BCUT2D eigenvalue weighted by atomic mass is 16.5. The van der Waals surface area contributed by atoms with Crippen LogP contribution >= 0.6 is 0 Å². The average Bonchev–Trinajstić information content (AvgIpc) is 3.20. The van der Waals surface area contributed by atoms with Gasteiger partial charge in [-0.15, -0.1) is 0 Å². The van der Waals surface area contributed by atoms with Gasteiger partial charge in [0.1, 0.15) is 24.4 Å². The number of methoxy groups -OCH3 is 1. The highest BCUT2D eigenvalue weighted by Gasteiger charge is 2.48. The Balaban J connectivity index is 1.62. The van der Waals surface area contributed by atoms with Gasteiger partial charge in [-0.3, -0.25) is 19.3 Å². The van der Waals surface area contributed by atoms with E-state index in [9.17, 15) is 14.4 Å². The molecular formula is C29H30N4O4. The minimum absolute atomic E-state index is 0.0556. The Morgan fingerprint density at radius 2 is 1.57 bits per heavy atom. The Morgan fingerprint density at radius 3 is 2.30 bits per heavy atom. The lowest BCUT2D eigenvalue weighted by Crippen LogP contribution is -2.54. The van der Waals surface area contributed by atoms with Gasteiger partial charge in [0.05, 0.1) is 18.4 Å². The summed E-state index contributed by atoms with van der Waals surface area (Å²) in [5, 5.41) is 3.47. The lowest BCUT2D eigenvalue weighted by molar-refractivity contribution is -0.131. The Hall–Kier alpha value is -4.33. The molecule has 2 aliphatic heterocycles. The fraction of sp³-hybridized carbons (Fsp3) is 0.276. The van der Waals surface area contributed by atoms with E-state index in [1.54, 1.807) is 33.9 Å². The largest absolute Gasteiger partial charge is 0.495 e. The lowest BCUT2D eigenvalue weighted by Gasteiger charge is -2.40. The van der Waals surface area contributed by atoms with E-state index in [1.807, 2.05) is 74.5 Å². The van der Waals surface area contributed by atoms with Gasteiger partial charge in [0.2, 0.25) is 11.8 Å². The molecule has 190 valence electrons. The molecule has 2 heterocycles. The molecule has 0 aliphatic carbocycles. The average molecular weight is 499 g/mol. The summed E-state index contributed by atoms with van der Waals surface area (Å²) >= 11 is 0. The van der Waals surface area contributed by atoms with Crippen molar-refractivity contribution in [3.8, 4) is 5.75 Å². The number of carbonyl (C=O) groups is 3. The monoisotopic (exact) mass is 498 g/mol. The summed E-state index contributed by atoms with van der Waals surface area (Å²) in [6, 6.07) is 22.0. The first kappa shape index (κ1) is 24.4. The number of para-hydroxylation sites is 4. The van der Waals surface area contributed by atoms with Gasteiger partial charge in [0.25, 0.3) is 5.91 Å². The number of carbonyl (C=O) groups excluding carboxylic acids is 3. The number of nitrogens with one attached hydrogen (secondary N) is 1. The zero-order valence-electron chi connectivity index (χ0n) is 21.2. The van der Waals surface area contributed by atoms with Crippen LogP contribution in [0.3, 0.4) is 0 Å². The van der Waals surface area contributed by atoms with Crippen LogP contribution in [0.5, 0.6) is 5.75 Å². The first-order valence-electron chi connectivity index (χ1n) is 12.5. The molecule has 2 aliphatic rings. The first-order valence-corrected chi connectivity index (χ1v) is 12.5. The first-order chi connectivity index (χ1) is 18.0. The van der Waals surface area contributed by atoms with Gasteiger partial charge < -0.3 is 19.9 Å². The molecule has 0 saturated carbocycles. The van der Waals surface area contributed by atoms with Crippen molar-refractivity contribution in [3.63, 3.8) is 0 Å². The molecule has 3 aromatic carbocycles. The third kappa shape index (κ3) is 4.08. The molecule has 0 aromatic heterocycles. The summed E-state index contributed by atoms with van der Waals surface area (Å²) in [7, 11) is 1.56. The molecule has 8 heteroatoms. The topological polar surface area (TPSA) is 82.2 Å². The minimum atomic E-state index is -0.735. The molecule has 5 rings (SSSR count). The van der Waals surface area contributed by atoms with Crippen molar-refractivity contribution < 1.29 is 19.1 Å². The van der Waals surface area contributed by atoms with Crippen LogP contribution in [0.25, 0.3) is 0 Å². The second-order valence-corrected chi connectivity index (χ2v) is 9.01. The second-order valence-electron chi connectivity index (χ2n) is 9.01. The number of likely N-dealkylation sites (N-methyl/N-ethyl adjacent to an activating group) is 1. The SMILES string of the molecule is CCN(CC)C(=O)CN1C(=O)C(C2Nc3ccccc3C(=O)N2c2ccccc2OC)c2ccccc21. The van der Waals surface area contributed by atoms with Crippen molar-refractivity contribution in [2.45, 2.75) is 25.9 Å². The Morgan fingerprint density at radius 1 is 0.919 bits per heavy atom. The molecule has 37 heavy (non-hydrogen) atoms. The van der Waals surface area contributed by atoms with E-state index in [1.165, 1.54) is 0 Å². The van der Waals surface area contributed by atoms with E-state index < -0.39 is 12.1 Å². The normalized spacial score (nSPS) is 18.2. The number of rotatable bonds is 7. The fourth-order valence-electron chi connectivity index (χ4n) is 5.29. The van der Waals surface area contributed by atoms with Crippen molar-refractivity contribution in [2.24, 2.45) is 0 Å². The Labute approximate surface area is 216 Å². The number of hydrogen-bond donors (Lipinski definition) is 1. The van der Waals surface area contributed by atoms with Gasteiger partial charge in [-0.05, 0) is 49.7 Å². The summed E-state index contributed by atoms with van der Waals surface area (Å²) in [5.74, 6) is -0.788. The highest BCUT2D eigenvalue weighted by molar-refractivity contribution is 6.15. The van der Waals surface area contributed by atoms with E-state index >= 15 is 0 Å². The molecule has 3 amide bonds. The van der Waals surface area contributed by atoms with Crippen LogP contribution < -0.4 is 19.9 Å². The molecule has 8 nitrogen and oxygen atoms in total. The van der Waals surface area contributed by atoms with Crippen LogP contribution in [0.1, 0.15) is 35.7 Å². The number of amides is 3. The minimum Gasteiger partial charge on any atom is -0.495 e. The van der Waals surface area contributed by atoms with Gasteiger partial charge >= 0.3 is 0 Å². The summed E-state index contributed by atoms with van der Waals surface area (Å²) < 4.78 is 5.60. The highest BCUT2D eigenvalue weighted by Crippen LogP contribution is 2.45. The van der Waals surface area contributed by atoms with E-state index in [0.29, 0.717) is 41.5 Å². The molecule has 1 N–H and O–H groups in total. The number of ether oxygens (including phenoxy) is 1. The summed E-state index contributed by atoms with van der Waals surface area (Å²) in [4.78, 5) is 45.9. The maximum Gasteiger partial charge on any atom is 0.262 e. The zero-order valence-corrected chi connectivity index (χ0v) is 21.2. The molecule has 2 atom stereocenters. The van der Waals surface area contributed by atoms with Gasteiger partial charge in [-0.1, -0.05) is 42.5 Å². The smallest absolute Gasteiger partial charge is 0.262 e. The second kappa shape index (κ2) is 9.97. The Bertz CT molecular complexity index is 1350. The van der Waals surface area contributed by atoms with E-state index in [0.717, 1.165) is 5.56 Å². The van der Waals surface area contributed by atoms with Crippen LogP contribution in [0, 0.1) is 0 Å². The van der Waals surface area contributed by atoms with E-state index in [2.05, 4.69) is 5.32 Å². The van der Waals surface area contributed by atoms with Crippen LogP contribution in [0.15, 0.2) is 72.8 Å². The van der Waals surface area contributed by atoms with Crippen molar-refractivity contribution in [1.29, 1.82) is 0 Å². The number of benzene rings is 3. The molecule has 0 spiro atoms. The molecule has 0 fully saturated rings. The van der Waals surface area contributed by atoms with Crippen molar-refractivity contribution in [3.05, 3.63) is 83.9 Å². The van der Waals surface area contributed by atoms with Gasteiger partial charge in [-0.25, -0.2) is 0 Å². The lowest BCUT2D eigenvalue weighted by atomic mass is 9.93. The third-order valence-electron chi connectivity index (χ3n) is 7.12. The van der Waals surface area contributed by atoms with Crippen LogP contribution in [0.2, 0.25) is 0 Å². The third-order valence-corrected chi connectivity index (χ3v) is 7.12. The number of hydrogen-bond acceptors (Lipinski definition) is 5. The standard InChI is InChI=1S/C29H30N4O4/c1-4-31(5-2)25(34)18-32-22-15-9-7-13-20(22)26(29(32)36)27-30-21-14-8-6-12-19(21)28(35)33(27)23-16-10-11-17-24(23)37-3/h6-17,26-27,30H,4-5,18H2,1-3H3. The molecule has 2 unspecified atom stereocenters. The number of nitrogens with zero attached hydrogens (tertiary/aromatic N) is 3. The van der Waals surface area contributed by atoms with Crippen LogP contribution in [-0.4, -0.2) is 55.5 Å². The predicted octanol–water partition coefficient (Wildman–Crippen LogP) is 4.09. The quantitative estimate of drug-likeness (QED) is 0.531. The zero-order chi connectivity index (χ0) is 26.1. The van der Waals surface area contributed by atoms with Crippen molar-refractivity contribution in [2.75, 3.05) is 41.9 Å². The maximum atomic E-state index is 14.1. The number of fused-ring (bicyclic) bond motifs is 2. The molecule has 0 bridgehead atoms. The van der Waals surface area contributed by atoms with Crippen LogP contribution in [-0.2, 0) is 9.59 Å². The van der Waals surface area contributed by atoms with Gasteiger partial charge in [0.15, 0.2) is 0 Å². The van der Waals surface area contributed by atoms with Gasteiger partial charge in [0, 0.05) is 24.5 Å². The van der Waals surface area contributed by atoms with Crippen molar-refractivity contribution >= 4 is 34.8 Å². The van der Waals surface area contributed by atoms with Crippen LogP contribution in [0.4, 0.5) is 17.1 Å². The summed E-state index contributed by atoms with van der Waals surface area (Å²) in [6.45, 7) is 4.92. The van der Waals surface area contributed by atoms with Gasteiger partial charge in [-0.2, -0.15) is 0 Å². The Kier molecular flexibility index (Phi) is 6.56. The molecule has 0 saturated heterocycles. The predicted molar refractivity (Wildman–Crippen MR) is 143 cm³/mol.